The molecule has 0 spiro atoms. The van der Waals surface area contributed by atoms with Gasteiger partial charge in [0.2, 0.25) is 0 Å². The Labute approximate surface area is 110 Å². The first kappa shape index (κ1) is 17.9. The second kappa shape index (κ2) is 17.2. The fourth-order valence-electron chi connectivity index (χ4n) is 0.780. The van der Waals surface area contributed by atoms with E-state index < -0.39 is 0 Å². The molecule has 0 aliphatic heterocycles. The van der Waals surface area contributed by atoms with Crippen LogP contribution in [0, 0.1) is 6.92 Å². The van der Waals surface area contributed by atoms with Crippen molar-refractivity contribution >= 4 is 29.6 Å². The van der Waals surface area contributed by atoms with E-state index in [-0.39, 0.29) is 59.1 Å². The number of unbranched alkanes of at least 4 members (excludes halogenated alkanes) is 5. The third-order valence-electron chi connectivity index (χ3n) is 1.35. The van der Waals surface area contributed by atoms with E-state index in [1.54, 1.807) is 0 Å². The van der Waals surface area contributed by atoms with Gasteiger partial charge in [-0.1, -0.05) is 39.0 Å². The molecule has 0 saturated carbocycles. The minimum Gasteiger partial charge on any atom is -0.343 e. The Hall–Kier alpha value is 2.00. The Bertz CT molecular complexity index is 32.2. The van der Waals surface area contributed by atoms with Crippen LogP contribution in [-0.4, -0.2) is 29.6 Å². The molecular formula is C8H17Na2. The van der Waals surface area contributed by atoms with E-state index in [1.165, 1.54) is 32.1 Å². The van der Waals surface area contributed by atoms with E-state index in [2.05, 4.69) is 13.8 Å². The van der Waals surface area contributed by atoms with E-state index in [4.69, 9.17) is 0 Å². The molecule has 51 valence electrons. The Balaban J connectivity index is -0.000000245. The van der Waals surface area contributed by atoms with Crippen molar-refractivity contribution in [2.75, 3.05) is 0 Å². The number of hydrogen-bond donors (Lipinski definition) is 0. The van der Waals surface area contributed by atoms with Gasteiger partial charge in [0.25, 0.3) is 0 Å². The summed E-state index contributed by atoms with van der Waals surface area (Å²) in [4.78, 5) is 0. The van der Waals surface area contributed by atoms with Crippen molar-refractivity contribution in [3.05, 3.63) is 6.92 Å². The fourth-order valence-corrected chi connectivity index (χ4v) is 0.780. The van der Waals surface area contributed by atoms with Crippen LogP contribution in [0.4, 0.5) is 0 Å². The van der Waals surface area contributed by atoms with E-state index in [1.807, 2.05) is 0 Å². The topological polar surface area (TPSA) is 0 Å². The number of hydrogen-bond acceptors (Lipinski definition) is 0. The molecule has 1 radical (unpaired) electrons. The molecule has 0 unspecified atom stereocenters. The second-order valence-corrected chi connectivity index (χ2v) is 2.27. The predicted molar refractivity (Wildman–Crippen MR) is 44.5 cm³/mol. The summed E-state index contributed by atoms with van der Waals surface area (Å²) in [6.07, 6.45) is 7.98. The average molecular weight is 159 g/mol. The summed E-state index contributed by atoms with van der Waals surface area (Å²) in [5, 5.41) is 0. The molecule has 0 amide bonds. The monoisotopic (exact) mass is 159 g/mol. The summed E-state index contributed by atoms with van der Waals surface area (Å²) < 4.78 is 0. The van der Waals surface area contributed by atoms with Gasteiger partial charge in [-0.05, 0) is 0 Å². The van der Waals surface area contributed by atoms with Crippen LogP contribution in [-0.2, 0) is 0 Å². The van der Waals surface area contributed by atoms with Crippen LogP contribution in [0.25, 0.3) is 0 Å². The molecule has 0 nitrogen and oxygen atoms in total. The summed E-state index contributed by atoms with van der Waals surface area (Å²) in [5.41, 5.74) is 0. The molecular weight excluding hydrogens is 142 g/mol. The maximum Gasteiger partial charge on any atom is 1.00 e. The quantitative estimate of drug-likeness (QED) is 0.296. The zero-order valence-electron chi connectivity index (χ0n) is 7.95. The fraction of sp³-hybridized carbons (Fsp3) is 0.875. The van der Waals surface area contributed by atoms with Crippen LogP contribution in [0.2, 0.25) is 0 Å². The van der Waals surface area contributed by atoms with Gasteiger partial charge < -0.3 is 6.92 Å². The van der Waals surface area contributed by atoms with Crippen LogP contribution in [0.5, 0.6) is 0 Å². The van der Waals surface area contributed by atoms with Gasteiger partial charge in [-0.25, -0.2) is 0 Å². The Morgan fingerprint density at radius 1 is 1.00 bits per heavy atom. The van der Waals surface area contributed by atoms with E-state index in [9.17, 15) is 0 Å². The third kappa shape index (κ3) is 16.5. The predicted octanol–water partition coefficient (Wildman–Crippen LogP) is -0.196. The maximum absolute atomic E-state index is 3.78. The molecule has 0 aromatic rings. The normalized spacial score (nSPS) is 7.80. The standard InChI is InChI=1S/C8H17.2Na/c1-3-5-7-8-6-4-2;;/h1,3-8H2,2H3;;/q-1;;+1. The molecule has 0 fully saturated rings. The van der Waals surface area contributed by atoms with Gasteiger partial charge in [-0.3, -0.25) is 0 Å². The van der Waals surface area contributed by atoms with Crippen molar-refractivity contribution in [3.8, 4) is 0 Å². The Kier molecular flexibility index (Phi) is 30.8. The molecule has 0 rings (SSSR count). The Morgan fingerprint density at radius 2 is 1.50 bits per heavy atom. The first-order valence-electron chi connectivity index (χ1n) is 3.71. The minimum atomic E-state index is 0. The van der Waals surface area contributed by atoms with Crippen LogP contribution in [0.15, 0.2) is 0 Å². The summed E-state index contributed by atoms with van der Waals surface area (Å²) in [6.45, 7) is 6.02. The molecule has 0 atom stereocenters. The largest absolute Gasteiger partial charge is 1.00 e. The molecule has 0 aliphatic rings. The average Bonchev–Trinajstić information content (AvgIpc) is 1.81. The molecule has 0 aromatic heterocycles. The van der Waals surface area contributed by atoms with Gasteiger partial charge in [-0.15, -0.1) is 0 Å². The zero-order valence-corrected chi connectivity index (χ0v) is 11.9. The van der Waals surface area contributed by atoms with Crippen molar-refractivity contribution in [3.63, 3.8) is 0 Å². The van der Waals surface area contributed by atoms with Crippen LogP contribution >= 0.6 is 0 Å². The first-order valence-corrected chi connectivity index (χ1v) is 3.71. The SMILES string of the molecule is [CH2-]CCCCCCC.[Na+].[Na]. The first-order chi connectivity index (χ1) is 3.91. The van der Waals surface area contributed by atoms with Crippen LogP contribution < -0.4 is 29.6 Å². The van der Waals surface area contributed by atoms with Crippen LogP contribution in [0.3, 0.4) is 0 Å². The van der Waals surface area contributed by atoms with E-state index >= 15 is 0 Å². The smallest absolute Gasteiger partial charge is 0.343 e. The molecule has 0 N–H and O–H groups in total. The van der Waals surface area contributed by atoms with Crippen molar-refractivity contribution in [1.29, 1.82) is 0 Å². The van der Waals surface area contributed by atoms with E-state index in [0.29, 0.717) is 0 Å². The van der Waals surface area contributed by atoms with Gasteiger partial charge in [0.05, 0.1) is 0 Å². The van der Waals surface area contributed by atoms with Crippen molar-refractivity contribution in [2.45, 2.75) is 45.4 Å². The van der Waals surface area contributed by atoms with Crippen molar-refractivity contribution < 1.29 is 29.6 Å². The molecule has 0 aromatic carbocycles. The van der Waals surface area contributed by atoms with Gasteiger partial charge in [0.1, 0.15) is 0 Å². The summed E-state index contributed by atoms with van der Waals surface area (Å²) in [5.74, 6) is 0. The van der Waals surface area contributed by atoms with Gasteiger partial charge >= 0.3 is 29.6 Å². The number of rotatable bonds is 5. The third-order valence-corrected chi connectivity index (χ3v) is 1.35. The van der Waals surface area contributed by atoms with Crippen molar-refractivity contribution in [2.24, 2.45) is 0 Å². The van der Waals surface area contributed by atoms with E-state index in [0.717, 1.165) is 6.42 Å². The Morgan fingerprint density at radius 3 is 1.90 bits per heavy atom. The van der Waals surface area contributed by atoms with Crippen LogP contribution in [0.1, 0.15) is 45.4 Å². The summed E-state index contributed by atoms with van der Waals surface area (Å²) in [6, 6.07) is 0. The molecule has 0 aliphatic carbocycles. The van der Waals surface area contributed by atoms with Gasteiger partial charge in [0.15, 0.2) is 0 Å². The molecule has 0 bridgehead atoms. The second-order valence-electron chi connectivity index (χ2n) is 2.27. The van der Waals surface area contributed by atoms with Crippen molar-refractivity contribution in [1.82, 2.24) is 0 Å². The molecule has 0 saturated heterocycles. The van der Waals surface area contributed by atoms with Gasteiger partial charge in [-0.2, -0.15) is 6.42 Å². The minimum absolute atomic E-state index is 0. The molecule has 10 heavy (non-hydrogen) atoms. The maximum atomic E-state index is 3.78. The summed E-state index contributed by atoms with van der Waals surface area (Å²) in [7, 11) is 0. The molecule has 0 heterocycles. The van der Waals surface area contributed by atoms with Gasteiger partial charge in [0, 0.05) is 29.6 Å². The zero-order chi connectivity index (χ0) is 6.24. The summed E-state index contributed by atoms with van der Waals surface area (Å²) >= 11 is 0. The molecule has 2 heteroatoms.